The number of carboxylic acid groups (broad SMARTS) is 2. The lowest BCUT2D eigenvalue weighted by Gasteiger charge is -1.99. The van der Waals surface area contributed by atoms with Crippen LogP contribution >= 0.6 is 11.3 Å². The maximum atomic E-state index is 11.2. The number of hydrogen-bond acceptors (Lipinski definition) is 6. The number of rotatable bonds is 4. The molecule has 1 aromatic carbocycles. The number of hydrogen-bond donors (Lipinski definition) is 3. The number of nitro benzene ring substituents is 1. The van der Waals surface area contributed by atoms with Crippen LogP contribution in [-0.2, 0) is 9.59 Å². The molecule has 0 bridgehead atoms. The Labute approximate surface area is 131 Å². The standard InChI is InChI=1S/C13H8N2O7S/c16-10(13(19)20)14-11-8(12(17)18)5-9(23-11)6-2-1-3-7(4-6)15(21)22/h1-5H,(H,14,16)(H,17,18)(H,19,20). The Morgan fingerprint density at radius 2 is 1.87 bits per heavy atom. The number of carbonyl (C=O) groups is 3. The van der Waals surface area contributed by atoms with E-state index in [2.05, 4.69) is 0 Å². The number of non-ortho nitro benzene ring substituents is 1. The van der Waals surface area contributed by atoms with E-state index in [4.69, 9.17) is 10.2 Å². The number of carbonyl (C=O) groups excluding carboxylic acids is 1. The van der Waals surface area contributed by atoms with Gasteiger partial charge in [-0.15, -0.1) is 11.3 Å². The van der Waals surface area contributed by atoms with Gasteiger partial charge in [0.2, 0.25) is 0 Å². The molecule has 2 aromatic rings. The molecule has 3 N–H and O–H groups in total. The van der Waals surface area contributed by atoms with Crippen LogP contribution in [0.15, 0.2) is 30.3 Å². The molecule has 0 radical (unpaired) electrons. The van der Waals surface area contributed by atoms with E-state index < -0.39 is 22.8 Å². The van der Waals surface area contributed by atoms with E-state index in [-0.39, 0.29) is 16.3 Å². The molecule has 1 heterocycles. The second-order valence-electron chi connectivity index (χ2n) is 4.23. The van der Waals surface area contributed by atoms with Gasteiger partial charge in [0.25, 0.3) is 5.69 Å². The molecule has 0 unspecified atom stereocenters. The van der Waals surface area contributed by atoms with Crippen molar-refractivity contribution >= 4 is 39.9 Å². The van der Waals surface area contributed by atoms with E-state index in [0.717, 1.165) is 11.3 Å². The molecule has 1 amide bonds. The van der Waals surface area contributed by atoms with Crippen molar-refractivity contribution in [3.63, 3.8) is 0 Å². The number of nitro groups is 1. The second-order valence-corrected chi connectivity index (χ2v) is 5.28. The molecule has 0 aliphatic carbocycles. The third-order valence-electron chi connectivity index (χ3n) is 2.73. The monoisotopic (exact) mass is 336 g/mol. The molecular formula is C13H8N2O7S. The highest BCUT2D eigenvalue weighted by atomic mass is 32.1. The Hall–Kier alpha value is -3.27. The van der Waals surface area contributed by atoms with Crippen molar-refractivity contribution in [1.82, 2.24) is 0 Å². The summed E-state index contributed by atoms with van der Waals surface area (Å²) >= 11 is 0.808. The Bertz CT molecular complexity index is 827. The van der Waals surface area contributed by atoms with Crippen molar-refractivity contribution in [2.45, 2.75) is 0 Å². The van der Waals surface area contributed by atoms with Crippen molar-refractivity contribution in [3.8, 4) is 10.4 Å². The Balaban J connectivity index is 2.47. The van der Waals surface area contributed by atoms with Gasteiger partial charge in [-0.2, -0.15) is 0 Å². The van der Waals surface area contributed by atoms with Gasteiger partial charge in [-0.1, -0.05) is 12.1 Å². The lowest BCUT2D eigenvalue weighted by molar-refractivity contribution is -0.384. The molecule has 2 rings (SSSR count). The summed E-state index contributed by atoms with van der Waals surface area (Å²) in [4.78, 5) is 43.5. The fraction of sp³-hybridized carbons (Fsp3) is 0. The molecule has 118 valence electrons. The first-order valence-corrected chi connectivity index (χ1v) is 6.77. The number of aliphatic carboxylic acids is 1. The van der Waals surface area contributed by atoms with E-state index in [0.29, 0.717) is 10.4 Å². The summed E-state index contributed by atoms with van der Waals surface area (Å²) in [6, 6.07) is 6.71. The zero-order valence-electron chi connectivity index (χ0n) is 11.2. The molecule has 0 aliphatic rings. The lowest BCUT2D eigenvalue weighted by Crippen LogP contribution is -2.22. The number of benzene rings is 1. The maximum absolute atomic E-state index is 11.2. The third kappa shape index (κ3) is 3.49. The fourth-order valence-corrected chi connectivity index (χ4v) is 2.76. The predicted octanol–water partition coefficient (Wildman–Crippen LogP) is 2.04. The van der Waals surface area contributed by atoms with Crippen molar-refractivity contribution in [2.24, 2.45) is 0 Å². The Morgan fingerprint density at radius 3 is 2.43 bits per heavy atom. The smallest absolute Gasteiger partial charge is 0.394 e. The van der Waals surface area contributed by atoms with E-state index in [1.54, 1.807) is 0 Å². The Morgan fingerprint density at radius 1 is 1.17 bits per heavy atom. The molecular weight excluding hydrogens is 328 g/mol. The average Bonchev–Trinajstić information content (AvgIpc) is 2.91. The van der Waals surface area contributed by atoms with Crippen molar-refractivity contribution < 1.29 is 29.5 Å². The van der Waals surface area contributed by atoms with Gasteiger partial charge < -0.3 is 15.5 Å². The minimum atomic E-state index is -1.76. The molecule has 0 fully saturated rings. The summed E-state index contributed by atoms with van der Waals surface area (Å²) in [6.07, 6.45) is 0. The van der Waals surface area contributed by atoms with Crippen molar-refractivity contribution in [1.29, 1.82) is 0 Å². The van der Waals surface area contributed by atoms with Gasteiger partial charge in [0.15, 0.2) is 0 Å². The van der Waals surface area contributed by atoms with Gasteiger partial charge in [0.1, 0.15) is 5.00 Å². The molecule has 23 heavy (non-hydrogen) atoms. The number of carboxylic acids is 2. The Kier molecular flexibility index (Phi) is 4.37. The number of amides is 1. The molecule has 0 atom stereocenters. The van der Waals surface area contributed by atoms with Gasteiger partial charge in [0, 0.05) is 17.0 Å². The van der Waals surface area contributed by atoms with Gasteiger partial charge in [-0.25, -0.2) is 9.59 Å². The second kappa shape index (κ2) is 6.23. The largest absolute Gasteiger partial charge is 0.478 e. The molecule has 0 aliphatic heterocycles. The van der Waals surface area contributed by atoms with Crippen LogP contribution in [-0.4, -0.2) is 33.0 Å². The van der Waals surface area contributed by atoms with Gasteiger partial charge in [0.05, 0.1) is 10.5 Å². The van der Waals surface area contributed by atoms with Crippen LogP contribution in [0, 0.1) is 10.1 Å². The normalized spacial score (nSPS) is 10.1. The molecule has 0 saturated heterocycles. The summed E-state index contributed by atoms with van der Waals surface area (Å²) in [6.45, 7) is 0. The number of aromatic carboxylic acids is 1. The minimum absolute atomic E-state index is 0.161. The third-order valence-corrected chi connectivity index (χ3v) is 3.82. The number of nitrogens with one attached hydrogen (secondary N) is 1. The summed E-state index contributed by atoms with van der Waals surface area (Å²) in [7, 11) is 0. The SMILES string of the molecule is O=C(O)C(=O)Nc1sc(-c2cccc([N+](=O)[O-])c2)cc1C(=O)O. The highest BCUT2D eigenvalue weighted by Gasteiger charge is 2.21. The highest BCUT2D eigenvalue weighted by Crippen LogP contribution is 2.36. The van der Waals surface area contributed by atoms with Gasteiger partial charge in [-0.05, 0) is 11.6 Å². The van der Waals surface area contributed by atoms with Crippen LogP contribution in [0.5, 0.6) is 0 Å². The maximum Gasteiger partial charge on any atom is 0.394 e. The summed E-state index contributed by atoms with van der Waals surface area (Å²) in [5.74, 6) is -4.50. The first kappa shape index (κ1) is 16.1. The molecule has 0 spiro atoms. The molecule has 9 nitrogen and oxygen atoms in total. The highest BCUT2D eigenvalue weighted by molar-refractivity contribution is 7.20. The minimum Gasteiger partial charge on any atom is -0.478 e. The zero-order valence-corrected chi connectivity index (χ0v) is 12.0. The van der Waals surface area contributed by atoms with Crippen molar-refractivity contribution in [2.75, 3.05) is 5.32 Å². The predicted molar refractivity (Wildman–Crippen MR) is 79.6 cm³/mol. The van der Waals surface area contributed by atoms with Crippen LogP contribution in [0.4, 0.5) is 10.7 Å². The van der Waals surface area contributed by atoms with Crippen LogP contribution < -0.4 is 5.32 Å². The average molecular weight is 336 g/mol. The number of anilines is 1. The lowest BCUT2D eigenvalue weighted by atomic mass is 10.1. The molecule has 1 aromatic heterocycles. The topological polar surface area (TPSA) is 147 Å². The van der Waals surface area contributed by atoms with Crippen LogP contribution in [0.2, 0.25) is 0 Å². The summed E-state index contributed by atoms with van der Waals surface area (Å²) in [5, 5.41) is 30.3. The van der Waals surface area contributed by atoms with E-state index in [1.807, 2.05) is 5.32 Å². The molecule has 10 heteroatoms. The molecule has 0 saturated carbocycles. The summed E-state index contributed by atoms with van der Waals surface area (Å²) < 4.78 is 0. The summed E-state index contributed by atoms with van der Waals surface area (Å²) in [5.41, 5.74) is -0.0995. The quantitative estimate of drug-likeness (QED) is 0.439. The fourth-order valence-electron chi connectivity index (χ4n) is 1.71. The van der Waals surface area contributed by atoms with Crippen LogP contribution in [0.1, 0.15) is 10.4 Å². The van der Waals surface area contributed by atoms with E-state index in [1.165, 1.54) is 30.3 Å². The van der Waals surface area contributed by atoms with Crippen LogP contribution in [0.25, 0.3) is 10.4 Å². The van der Waals surface area contributed by atoms with E-state index in [9.17, 15) is 24.5 Å². The first-order chi connectivity index (χ1) is 10.8. The van der Waals surface area contributed by atoms with Gasteiger partial charge >= 0.3 is 17.8 Å². The first-order valence-electron chi connectivity index (χ1n) is 5.96. The van der Waals surface area contributed by atoms with Crippen LogP contribution in [0.3, 0.4) is 0 Å². The van der Waals surface area contributed by atoms with Crippen molar-refractivity contribution in [3.05, 3.63) is 46.0 Å². The number of nitrogens with zero attached hydrogens (tertiary/aromatic N) is 1. The van der Waals surface area contributed by atoms with Gasteiger partial charge in [-0.3, -0.25) is 14.9 Å². The number of thiophene rings is 1. The van der Waals surface area contributed by atoms with E-state index >= 15 is 0 Å². The zero-order chi connectivity index (χ0) is 17.1.